The molecule has 1 aromatic carbocycles. The van der Waals surface area contributed by atoms with Crippen molar-refractivity contribution in [2.75, 3.05) is 18.9 Å². The van der Waals surface area contributed by atoms with Crippen LogP contribution in [-0.2, 0) is 15.7 Å². The second-order valence-electron chi connectivity index (χ2n) is 6.52. The number of hydrogen-bond donors (Lipinski definition) is 2. The van der Waals surface area contributed by atoms with Gasteiger partial charge in [-0.1, -0.05) is 6.07 Å². The van der Waals surface area contributed by atoms with Gasteiger partial charge in [-0.15, -0.1) is 0 Å². The van der Waals surface area contributed by atoms with Gasteiger partial charge in [0.2, 0.25) is 5.78 Å². The summed E-state index contributed by atoms with van der Waals surface area (Å²) < 4.78 is 48.7. The van der Waals surface area contributed by atoms with Gasteiger partial charge in [0.25, 0.3) is 5.56 Å². The van der Waals surface area contributed by atoms with E-state index in [1.807, 2.05) is 4.98 Å². The maximum absolute atomic E-state index is 12.7. The van der Waals surface area contributed by atoms with E-state index in [0.717, 1.165) is 16.7 Å². The van der Waals surface area contributed by atoms with Crippen LogP contribution in [0.1, 0.15) is 34.8 Å². The molecule has 12 heteroatoms. The van der Waals surface area contributed by atoms with Gasteiger partial charge in [0, 0.05) is 6.04 Å². The fraction of sp³-hybridized carbons (Fsp3) is 0.333. The van der Waals surface area contributed by atoms with Crippen LogP contribution < -0.4 is 21.7 Å². The zero-order valence-electron chi connectivity index (χ0n) is 15.3. The van der Waals surface area contributed by atoms with E-state index in [1.165, 1.54) is 6.07 Å². The van der Waals surface area contributed by atoms with Crippen molar-refractivity contribution in [2.24, 2.45) is 0 Å². The number of benzene rings is 1. The van der Waals surface area contributed by atoms with Crippen LogP contribution in [0.3, 0.4) is 0 Å². The van der Waals surface area contributed by atoms with Crippen LogP contribution in [0.25, 0.3) is 0 Å². The molecule has 0 unspecified atom stereocenters. The second kappa shape index (κ2) is 8.05. The van der Waals surface area contributed by atoms with Crippen molar-refractivity contribution >= 4 is 17.6 Å². The third-order valence-corrected chi connectivity index (χ3v) is 4.26. The summed E-state index contributed by atoms with van der Waals surface area (Å²) >= 11 is 0. The number of carbonyl (C=O) groups excluding carboxylic acids is 2. The number of hydrogen-bond acceptors (Lipinski definition) is 7. The number of Topliss-reactive ketones (excluding diaryl/α,β-unsaturated/α-hetero) is 1. The van der Waals surface area contributed by atoms with Gasteiger partial charge in [-0.05, 0) is 31.0 Å². The van der Waals surface area contributed by atoms with Crippen molar-refractivity contribution < 1.29 is 32.2 Å². The Labute approximate surface area is 166 Å². The molecule has 0 saturated heterocycles. The Balaban J connectivity index is 1.61. The number of halogens is 3. The Hall–Kier alpha value is -3.57. The highest BCUT2D eigenvalue weighted by Crippen LogP contribution is 2.35. The smallest absolute Gasteiger partial charge is 0.416 e. The number of nitrogen functional groups attached to an aromatic ring is 1. The molecule has 0 atom stereocenters. The molecule has 1 aliphatic rings. The predicted molar refractivity (Wildman–Crippen MR) is 96.2 cm³/mol. The molecule has 0 bridgehead atoms. The fourth-order valence-electron chi connectivity index (χ4n) is 2.70. The summed E-state index contributed by atoms with van der Waals surface area (Å²) in [6.07, 6.45) is -3.23. The third-order valence-electron chi connectivity index (χ3n) is 4.26. The first-order chi connectivity index (χ1) is 14.1. The second-order valence-corrected chi connectivity index (χ2v) is 6.52. The van der Waals surface area contributed by atoms with Gasteiger partial charge in [-0.2, -0.15) is 13.2 Å². The summed E-state index contributed by atoms with van der Waals surface area (Å²) in [7, 11) is 0. The van der Waals surface area contributed by atoms with Crippen molar-refractivity contribution in [3.05, 3.63) is 56.2 Å². The van der Waals surface area contributed by atoms with Gasteiger partial charge in [-0.3, -0.25) is 19.1 Å². The largest absolute Gasteiger partial charge is 0.482 e. The number of alkyl halides is 3. The molecule has 1 aliphatic carbocycles. The van der Waals surface area contributed by atoms with Crippen LogP contribution in [0.4, 0.5) is 19.0 Å². The molecule has 3 N–H and O–H groups in total. The highest BCUT2D eigenvalue weighted by Gasteiger charge is 2.31. The van der Waals surface area contributed by atoms with Gasteiger partial charge in [0.15, 0.2) is 13.2 Å². The van der Waals surface area contributed by atoms with E-state index < -0.39 is 53.5 Å². The average Bonchev–Trinajstić information content (AvgIpc) is 3.48. The number of ketones is 1. The molecule has 0 amide bonds. The lowest BCUT2D eigenvalue weighted by atomic mass is 10.2. The molecular formula is C18H16F3N3O6. The van der Waals surface area contributed by atoms with E-state index in [0.29, 0.717) is 18.9 Å². The van der Waals surface area contributed by atoms with Crippen LogP contribution in [0.15, 0.2) is 33.9 Å². The minimum atomic E-state index is -4.57. The number of carbonyl (C=O) groups is 2. The number of rotatable bonds is 7. The molecule has 0 radical (unpaired) electrons. The Morgan fingerprint density at radius 3 is 2.53 bits per heavy atom. The highest BCUT2D eigenvalue weighted by atomic mass is 19.4. The lowest BCUT2D eigenvalue weighted by Crippen LogP contribution is -2.37. The zero-order chi connectivity index (χ0) is 22.1. The monoisotopic (exact) mass is 427 g/mol. The first-order valence-corrected chi connectivity index (χ1v) is 8.71. The van der Waals surface area contributed by atoms with Crippen molar-refractivity contribution in [1.29, 1.82) is 0 Å². The Morgan fingerprint density at radius 2 is 1.90 bits per heavy atom. The Bertz CT molecular complexity index is 1100. The van der Waals surface area contributed by atoms with Crippen LogP contribution in [0.5, 0.6) is 5.75 Å². The molecule has 3 rings (SSSR count). The molecule has 160 valence electrons. The number of aromatic amines is 1. The molecular weight excluding hydrogens is 411 g/mol. The van der Waals surface area contributed by atoms with E-state index in [4.69, 9.17) is 15.2 Å². The van der Waals surface area contributed by atoms with Crippen molar-refractivity contribution in [1.82, 2.24) is 9.55 Å². The normalized spacial score (nSPS) is 13.7. The minimum Gasteiger partial charge on any atom is -0.482 e. The Morgan fingerprint density at radius 1 is 1.20 bits per heavy atom. The number of esters is 1. The van der Waals surface area contributed by atoms with Crippen molar-refractivity contribution in [2.45, 2.75) is 25.1 Å². The number of nitrogens with zero attached hydrogens (tertiary/aromatic N) is 1. The first-order valence-electron chi connectivity index (χ1n) is 8.71. The van der Waals surface area contributed by atoms with Crippen LogP contribution in [-0.4, -0.2) is 34.5 Å². The summed E-state index contributed by atoms with van der Waals surface area (Å²) in [5.74, 6) is -2.51. The van der Waals surface area contributed by atoms with Gasteiger partial charge in [0.1, 0.15) is 17.1 Å². The number of H-pyrrole nitrogens is 1. The molecule has 30 heavy (non-hydrogen) atoms. The summed E-state index contributed by atoms with van der Waals surface area (Å²) in [4.78, 5) is 49.8. The number of nitrogens with two attached hydrogens (primary N) is 1. The SMILES string of the molecule is Nc1c(C(=O)COC(=O)COc2cccc(C(F)(F)F)c2)c(=O)[nH]c(=O)n1C1CC1. The molecule has 1 heterocycles. The van der Waals surface area contributed by atoms with E-state index >= 15 is 0 Å². The summed E-state index contributed by atoms with van der Waals surface area (Å²) in [6, 6.07) is 3.67. The lowest BCUT2D eigenvalue weighted by Gasteiger charge is -2.12. The van der Waals surface area contributed by atoms with Gasteiger partial charge < -0.3 is 15.2 Å². The number of anilines is 1. The van der Waals surface area contributed by atoms with Crippen molar-refractivity contribution in [3.8, 4) is 5.75 Å². The van der Waals surface area contributed by atoms with Crippen LogP contribution in [0.2, 0.25) is 0 Å². The highest BCUT2D eigenvalue weighted by molar-refractivity contribution is 6.01. The predicted octanol–water partition coefficient (Wildman–Crippen LogP) is 1.28. The van der Waals surface area contributed by atoms with Gasteiger partial charge in [-0.25, -0.2) is 9.59 Å². The molecule has 1 fully saturated rings. The van der Waals surface area contributed by atoms with E-state index in [9.17, 15) is 32.3 Å². The van der Waals surface area contributed by atoms with Crippen LogP contribution in [0, 0.1) is 0 Å². The molecule has 0 aliphatic heterocycles. The minimum absolute atomic E-state index is 0.204. The topological polar surface area (TPSA) is 133 Å². The molecule has 9 nitrogen and oxygen atoms in total. The molecule has 1 saturated carbocycles. The van der Waals surface area contributed by atoms with Gasteiger partial charge >= 0.3 is 17.8 Å². The van der Waals surface area contributed by atoms with Gasteiger partial charge in [0.05, 0.1) is 5.56 Å². The average molecular weight is 427 g/mol. The van der Waals surface area contributed by atoms with E-state index in [1.54, 1.807) is 0 Å². The number of aromatic nitrogens is 2. The lowest BCUT2D eigenvalue weighted by molar-refractivity contribution is -0.144. The maximum Gasteiger partial charge on any atom is 0.416 e. The zero-order valence-corrected chi connectivity index (χ0v) is 15.3. The van der Waals surface area contributed by atoms with Crippen molar-refractivity contribution in [3.63, 3.8) is 0 Å². The third kappa shape index (κ3) is 4.70. The number of ether oxygens (including phenoxy) is 2. The molecule has 2 aromatic rings. The number of nitrogens with one attached hydrogen (secondary N) is 1. The summed E-state index contributed by atoms with van der Waals surface area (Å²) in [5.41, 5.74) is 2.58. The Kier molecular flexibility index (Phi) is 5.67. The first kappa shape index (κ1) is 21.1. The standard InChI is InChI=1S/C18H16F3N3O6/c19-18(20,21)9-2-1-3-11(6-9)29-8-13(26)30-7-12(25)14-15(22)24(10-4-5-10)17(28)23-16(14)27/h1-3,6,10H,4-5,7-8,22H2,(H,23,27,28). The molecule has 1 aromatic heterocycles. The summed E-state index contributed by atoms with van der Waals surface area (Å²) in [6.45, 7) is -1.62. The van der Waals surface area contributed by atoms with Crippen LogP contribution >= 0.6 is 0 Å². The fourth-order valence-corrected chi connectivity index (χ4v) is 2.70. The van der Waals surface area contributed by atoms with E-state index in [2.05, 4.69) is 0 Å². The molecule has 0 spiro atoms. The van der Waals surface area contributed by atoms with E-state index in [-0.39, 0.29) is 17.6 Å². The maximum atomic E-state index is 12.7. The quantitative estimate of drug-likeness (QED) is 0.502. The summed E-state index contributed by atoms with van der Waals surface area (Å²) in [5, 5.41) is 0.